The molecule has 0 radical (unpaired) electrons. The van der Waals surface area contributed by atoms with Crippen LogP contribution in [0.4, 0.5) is 13.2 Å². The number of rotatable bonds is 3. The second-order valence-electron chi connectivity index (χ2n) is 5.67. The molecule has 138 valence electrons. The first-order valence-corrected chi connectivity index (χ1v) is 8.73. The molecule has 2 aromatic rings. The van der Waals surface area contributed by atoms with E-state index < -0.39 is 24.2 Å². The van der Waals surface area contributed by atoms with E-state index in [2.05, 4.69) is 5.16 Å². The average molecular weight is 424 g/mol. The van der Waals surface area contributed by atoms with Gasteiger partial charge in [-0.15, -0.1) is 11.3 Å². The first kappa shape index (κ1) is 19.0. The molecule has 1 aromatic heterocycles. The molecule has 1 N–H and O–H groups in total. The summed E-state index contributed by atoms with van der Waals surface area (Å²) in [4.78, 5) is 16.8. The number of carboxylic acid groups (broad SMARTS) is 1. The minimum atomic E-state index is -4.80. The highest BCUT2D eigenvalue weighted by Crippen LogP contribution is 2.50. The lowest BCUT2D eigenvalue weighted by atomic mass is 9.88. The molecule has 4 nitrogen and oxygen atoms in total. The van der Waals surface area contributed by atoms with Crippen molar-refractivity contribution >= 4 is 46.2 Å². The van der Waals surface area contributed by atoms with Crippen molar-refractivity contribution in [3.63, 3.8) is 0 Å². The summed E-state index contributed by atoms with van der Waals surface area (Å²) < 4.78 is 41.7. The van der Waals surface area contributed by atoms with Gasteiger partial charge in [-0.2, -0.15) is 13.2 Å². The maximum atomic E-state index is 13.9. The molecule has 1 aliphatic rings. The third kappa shape index (κ3) is 3.17. The second-order valence-corrected chi connectivity index (χ2v) is 7.80. The van der Waals surface area contributed by atoms with Crippen molar-refractivity contribution in [1.82, 2.24) is 0 Å². The van der Waals surface area contributed by atoms with Gasteiger partial charge in [-0.25, -0.2) is 4.79 Å². The minimum absolute atomic E-state index is 0.0130. The van der Waals surface area contributed by atoms with Crippen LogP contribution in [0.2, 0.25) is 10.0 Å². The van der Waals surface area contributed by atoms with Crippen LogP contribution in [-0.2, 0) is 10.4 Å². The van der Waals surface area contributed by atoms with Gasteiger partial charge in [0.05, 0.1) is 16.9 Å². The normalized spacial score (nSPS) is 20.0. The highest BCUT2D eigenvalue weighted by molar-refractivity contribution is 7.14. The molecule has 1 aromatic carbocycles. The number of hydrogen-bond acceptors (Lipinski definition) is 4. The second kappa shape index (κ2) is 6.44. The van der Waals surface area contributed by atoms with E-state index in [0.717, 1.165) is 23.5 Å². The predicted molar refractivity (Wildman–Crippen MR) is 92.4 cm³/mol. The fourth-order valence-corrected chi connectivity index (χ4v) is 4.18. The van der Waals surface area contributed by atoms with E-state index in [-0.39, 0.29) is 26.9 Å². The molecule has 1 aliphatic heterocycles. The molecule has 26 heavy (non-hydrogen) atoms. The zero-order chi connectivity index (χ0) is 19.3. The molecule has 0 bridgehead atoms. The van der Waals surface area contributed by atoms with E-state index in [9.17, 15) is 18.0 Å². The van der Waals surface area contributed by atoms with E-state index in [1.807, 2.05) is 0 Å². The molecule has 0 fully saturated rings. The number of nitrogens with zero attached hydrogens (tertiary/aromatic N) is 1. The molecular formula is C16H10Cl2F3NO3S. The number of thiophene rings is 1. The predicted octanol–water partition coefficient (Wildman–Crippen LogP) is 5.64. The third-order valence-electron chi connectivity index (χ3n) is 3.95. The number of carbonyl (C=O) groups is 1. The van der Waals surface area contributed by atoms with Gasteiger partial charge in [-0.1, -0.05) is 28.4 Å². The van der Waals surface area contributed by atoms with Crippen LogP contribution in [-0.4, -0.2) is 23.0 Å². The Kier molecular flexibility index (Phi) is 4.71. The maximum absolute atomic E-state index is 13.9. The molecule has 0 saturated heterocycles. The Bertz CT molecular complexity index is 906. The Morgan fingerprint density at radius 2 is 1.88 bits per heavy atom. The van der Waals surface area contributed by atoms with Gasteiger partial charge in [0.15, 0.2) is 0 Å². The van der Waals surface area contributed by atoms with Crippen LogP contribution in [0.3, 0.4) is 0 Å². The summed E-state index contributed by atoms with van der Waals surface area (Å²) in [5, 5.41) is 12.8. The van der Waals surface area contributed by atoms with Gasteiger partial charge in [0.2, 0.25) is 0 Å². The van der Waals surface area contributed by atoms with Gasteiger partial charge >= 0.3 is 12.1 Å². The lowest BCUT2D eigenvalue weighted by Gasteiger charge is -2.29. The lowest BCUT2D eigenvalue weighted by Crippen LogP contribution is -2.42. The van der Waals surface area contributed by atoms with Crippen LogP contribution in [0.25, 0.3) is 0 Å². The first-order valence-electron chi connectivity index (χ1n) is 7.16. The number of halogens is 5. The molecule has 2 heterocycles. The van der Waals surface area contributed by atoms with Gasteiger partial charge in [0.1, 0.15) is 5.71 Å². The molecule has 0 spiro atoms. The molecule has 1 unspecified atom stereocenters. The van der Waals surface area contributed by atoms with Crippen LogP contribution in [0, 0.1) is 6.92 Å². The van der Waals surface area contributed by atoms with Crippen LogP contribution in [0.5, 0.6) is 0 Å². The molecule has 3 rings (SSSR count). The number of aromatic carboxylic acids is 1. The third-order valence-corrected chi connectivity index (χ3v) is 5.48. The van der Waals surface area contributed by atoms with Gasteiger partial charge in [-0.3, -0.25) is 0 Å². The Morgan fingerprint density at radius 3 is 2.38 bits per heavy atom. The summed E-state index contributed by atoms with van der Waals surface area (Å²) >= 11 is 12.7. The van der Waals surface area contributed by atoms with Gasteiger partial charge < -0.3 is 9.94 Å². The molecule has 0 aliphatic carbocycles. The first-order chi connectivity index (χ1) is 12.0. The maximum Gasteiger partial charge on any atom is 0.435 e. The Balaban J connectivity index is 2.04. The van der Waals surface area contributed by atoms with E-state index in [4.69, 9.17) is 33.1 Å². The zero-order valence-electron chi connectivity index (χ0n) is 13.0. The molecule has 10 heteroatoms. The van der Waals surface area contributed by atoms with Crippen molar-refractivity contribution < 1.29 is 27.9 Å². The molecule has 0 amide bonds. The number of alkyl halides is 3. The largest absolute Gasteiger partial charge is 0.478 e. The van der Waals surface area contributed by atoms with Crippen molar-refractivity contribution in [3.05, 3.63) is 55.2 Å². The summed E-state index contributed by atoms with van der Waals surface area (Å²) in [7, 11) is 0. The van der Waals surface area contributed by atoms with E-state index >= 15 is 0 Å². The Labute approximate surface area is 159 Å². The minimum Gasteiger partial charge on any atom is -0.478 e. The summed E-state index contributed by atoms with van der Waals surface area (Å²) in [6.45, 7) is 1.57. The summed E-state index contributed by atoms with van der Waals surface area (Å²) in [5.74, 6) is -1.16. The van der Waals surface area contributed by atoms with Crippen LogP contribution >= 0.6 is 34.5 Å². The summed E-state index contributed by atoms with van der Waals surface area (Å²) in [6.07, 6.45) is -5.42. The zero-order valence-corrected chi connectivity index (χ0v) is 15.4. The standard InChI is InChI=1S/C16H10Cl2F3NO3S/c1-7-11(14(23)24)5-13(26-7)12-6-15(25-22-12,16(19,20)21)8-2-9(17)4-10(18)3-8/h2-5H,6H2,1H3,(H,23,24). The molecule has 1 atom stereocenters. The molecular weight excluding hydrogens is 414 g/mol. The topological polar surface area (TPSA) is 58.9 Å². The fraction of sp³-hybridized carbons (Fsp3) is 0.250. The number of benzene rings is 1. The van der Waals surface area contributed by atoms with Crippen LogP contribution in [0.15, 0.2) is 29.4 Å². The number of aryl methyl sites for hydroxylation is 1. The van der Waals surface area contributed by atoms with Crippen molar-refractivity contribution in [1.29, 1.82) is 0 Å². The Morgan fingerprint density at radius 1 is 1.27 bits per heavy atom. The highest BCUT2D eigenvalue weighted by atomic mass is 35.5. The van der Waals surface area contributed by atoms with Crippen LogP contribution in [0.1, 0.15) is 32.1 Å². The number of oxime groups is 1. The van der Waals surface area contributed by atoms with Crippen molar-refractivity contribution in [2.45, 2.75) is 25.1 Å². The van der Waals surface area contributed by atoms with E-state index in [0.29, 0.717) is 9.75 Å². The van der Waals surface area contributed by atoms with Crippen molar-refractivity contribution in [2.75, 3.05) is 0 Å². The van der Waals surface area contributed by atoms with Crippen molar-refractivity contribution in [3.8, 4) is 0 Å². The van der Waals surface area contributed by atoms with Gasteiger partial charge in [0, 0.05) is 20.5 Å². The van der Waals surface area contributed by atoms with Crippen molar-refractivity contribution in [2.24, 2.45) is 5.16 Å². The number of hydrogen-bond donors (Lipinski definition) is 1. The average Bonchev–Trinajstić information content (AvgIpc) is 3.10. The smallest absolute Gasteiger partial charge is 0.435 e. The monoisotopic (exact) mass is 423 g/mol. The highest BCUT2D eigenvalue weighted by Gasteiger charge is 2.62. The SMILES string of the molecule is Cc1sc(C2=NOC(c3cc(Cl)cc(Cl)c3)(C(F)(F)F)C2)cc1C(=O)O. The molecule has 0 saturated carbocycles. The quantitative estimate of drug-likeness (QED) is 0.694. The summed E-state index contributed by atoms with van der Waals surface area (Å²) in [5.41, 5.74) is -2.98. The van der Waals surface area contributed by atoms with Gasteiger partial charge in [-0.05, 0) is 31.2 Å². The van der Waals surface area contributed by atoms with E-state index in [1.54, 1.807) is 6.92 Å². The Hall–Kier alpha value is -1.77. The lowest BCUT2D eigenvalue weighted by molar-refractivity contribution is -0.275. The van der Waals surface area contributed by atoms with Gasteiger partial charge in [0.25, 0.3) is 5.60 Å². The van der Waals surface area contributed by atoms with E-state index in [1.165, 1.54) is 12.1 Å². The summed E-state index contributed by atoms with van der Waals surface area (Å²) in [6, 6.07) is 4.86. The fourth-order valence-electron chi connectivity index (χ4n) is 2.66. The van der Waals surface area contributed by atoms with Crippen LogP contribution < -0.4 is 0 Å². The number of carboxylic acids is 1.